The van der Waals surface area contributed by atoms with Crippen LogP contribution in [0.2, 0.25) is 0 Å². The average molecular weight is 262 g/mol. The Balaban J connectivity index is 1.83. The smallest absolute Gasteiger partial charge is 0.270 e. The maximum absolute atomic E-state index is 12.5. The Hall–Kier alpha value is -1.75. The Bertz CT molecular complexity index is 542. The number of carbonyl (C=O) groups is 1. The molecular formula is C14H18N2O3. The average Bonchev–Trinajstić information content (AvgIpc) is 2.99. The van der Waals surface area contributed by atoms with E-state index in [0.717, 1.165) is 31.3 Å². The molecule has 3 heterocycles. The summed E-state index contributed by atoms with van der Waals surface area (Å²) < 4.78 is 5.27. The van der Waals surface area contributed by atoms with Crippen molar-refractivity contribution < 1.29 is 14.3 Å². The molecule has 0 aromatic carbocycles. The van der Waals surface area contributed by atoms with Crippen LogP contribution in [-0.4, -0.2) is 40.1 Å². The number of amides is 1. The number of rotatable bonds is 3. The summed E-state index contributed by atoms with van der Waals surface area (Å²) in [5.41, 5.74) is 2.12. The van der Waals surface area contributed by atoms with Crippen molar-refractivity contribution in [2.24, 2.45) is 0 Å². The molecule has 1 atom stereocenters. The van der Waals surface area contributed by atoms with Crippen LogP contribution in [0.15, 0.2) is 22.8 Å². The van der Waals surface area contributed by atoms with Crippen LogP contribution in [0.5, 0.6) is 0 Å². The van der Waals surface area contributed by atoms with Crippen LogP contribution in [0, 0.1) is 0 Å². The molecule has 1 aliphatic rings. The predicted molar refractivity (Wildman–Crippen MR) is 70.9 cm³/mol. The fraction of sp³-hybridized carbons (Fsp3) is 0.500. The maximum atomic E-state index is 12.5. The Morgan fingerprint density at radius 2 is 2.42 bits per heavy atom. The minimum Gasteiger partial charge on any atom is -0.463 e. The zero-order valence-corrected chi connectivity index (χ0v) is 10.8. The lowest BCUT2D eigenvalue weighted by molar-refractivity contribution is 0.0569. The van der Waals surface area contributed by atoms with Gasteiger partial charge >= 0.3 is 0 Å². The summed E-state index contributed by atoms with van der Waals surface area (Å²) in [4.78, 5) is 17.5. The molecule has 0 radical (unpaired) electrons. The van der Waals surface area contributed by atoms with Crippen molar-refractivity contribution in [2.45, 2.75) is 31.7 Å². The molecule has 0 aliphatic carbocycles. The number of furan rings is 1. The predicted octanol–water partition coefficient (Wildman–Crippen LogP) is 2.14. The summed E-state index contributed by atoms with van der Waals surface area (Å²) in [7, 11) is 0. The monoisotopic (exact) mass is 262 g/mol. The van der Waals surface area contributed by atoms with E-state index in [0.29, 0.717) is 17.7 Å². The van der Waals surface area contributed by atoms with Crippen molar-refractivity contribution >= 4 is 17.0 Å². The number of likely N-dealkylation sites (tertiary alicyclic amines) is 1. The van der Waals surface area contributed by atoms with Crippen molar-refractivity contribution in [2.75, 3.05) is 13.2 Å². The van der Waals surface area contributed by atoms with E-state index in [2.05, 4.69) is 4.98 Å². The Morgan fingerprint density at radius 1 is 1.53 bits per heavy atom. The fourth-order valence-corrected chi connectivity index (χ4v) is 2.84. The van der Waals surface area contributed by atoms with E-state index in [1.54, 1.807) is 12.3 Å². The number of hydrogen-bond donors (Lipinski definition) is 2. The van der Waals surface area contributed by atoms with Gasteiger partial charge < -0.3 is 19.4 Å². The van der Waals surface area contributed by atoms with Gasteiger partial charge in [0.2, 0.25) is 0 Å². The first-order valence-corrected chi connectivity index (χ1v) is 6.77. The van der Waals surface area contributed by atoms with E-state index < -0.39 is 0 Å². The van der Waals surface area contributed by atoms with Crippen LogP contribution < -0.4 is 0 Å². The van der Waals surface area contributed by atoms with Gasteiger partial charge in [-0.2, -0.15) is 0 Å². The number of aromatic nitrogens is 1. The third kappa shape index (κ3) is 2.26. The van der Waals surface area contributed by atoms with Gasteiger partial charge in [-0.3, -0.25) is 4.79 Å². The van der Waals surface area contributed by atoms with E-state index in [-0.39, 0.29) is 18.6 Å². The lowest BCUT2D eigenvalue weighted by Crippen LogP contribution is -2.44. The maximum Gasteiger partial charge on any atom is 0.270 e. The van der Waals surface area contributed by atoms with Gasteiger partial charge in [-0.15, -0.1) is 0 Å². The lowest BCUT2D eigenvalue weighted by atomic mass is 9.99. The van der Waals surface area contributed by atoms with E-state index in [4.69, 9.17) is 9.52 Å². The van der Waals surface area contributed by atoms with Crippen LogP contribution >= 0.6 is 0 Å². The van der Waals surface area contributed by atoms with Crippen LogP contribution in [0.3, 0.4) is 0 Å². The zero-order valence-electron chi connectivity index (χ0n) is 10.8. The topological polar surface area (TPSA) is 69.5 Å². The molecular weight excluding hydrogens is 244 g/mol. The van der Waals surface area contributed by atoms with Crippen LogP contribution in [-0.2, 0) is 0 Å². The molecule has 1 aliphatic heterocycles. The van der Waals surface area contributed by atoms with Gasteiger partial charge in [-0.05, 0) is 25.7 Å². The second-order valence-electron chi connectivity index (χ2n) is 5.04. The number of aliphatic hydroxyl groups excluding tert-OH is 1. The van der Waals surface area contributed by atoms with Crippen molar-refractivity contribution in [3.8, 4) is 0 Å². The number of fused-ring (bicyclic) bond motifs is 1. The zero-order chi connectivity index (χ0) is 13.2. The number of piperidine rings is 1. The van der Waals surface area contributed by atoms with Gasteiger partial charge in [0, 0.05) is 31.3 Å². The Kier molecular flexibility index (Phi) is 3.29. The first-order valence-electron chi connectivity index (χ1n) is 6.77. The minimum absolute atomic E-state index is 0.00421. The summed E-state index contributed by atoms with van der Waals surface area (Å²) in [5, 5.41) is 9.11. The molecule has 0 bridgehead atoms. The number of nitrogens with zero attached hydrogens (tertiary/aromatic N) is 1. The van der Waals surface area contributed by atoms with E-state index in [1.807, 2.05) is 11.0 Å². The van der Waals surface area contributed by atoms with Crippen molar-refractivity contribution in [1.29, 1.82) is 0 Å². The number of nitrogens with one attached hydrogen (secondary N) is 1. The molecule has 0 saturated carbocycles. The summed E-state index contributed by atoms with van der Waals surface area (Å²) in [6, 6.07) is 3.72. The molecule has 2 aromatic rings. The van der Waals surface area contributed by atoms with Crippen LogP contribution in [0.25, 0.3) is 11.1 Å². The quantitative estimate of drug-likeness (QED) is 0.890. The molecule has 1 amide bonds. The Morgan fingerprint density at radius 3 is 3.21 bits per heavy atom. The van der Waals surface area contributed by atoms with Crippen molar-refractivity contribution in [3.63, 3.8) is 0 Å². The first kappa shape index (κ1) is 12.3. The molecule has 1 fully saturated rings. The highest BCUT2D eigenvalue weighted by molar-refractivity contribution is 5.97. The van der Waals surface area contributed by atoms with Gasteiger partial charge in [0.05, 0.1) is 11.8 Å². The second-order valence-corrected chi connectivity index (χ2v) is 5.04. The molecule has 1 unspecified atom stereocenters. The highest BCUT2D eigenvalue weighted by Crippen LogP contribution is 2.23. The number of aliphatic hydroxyl groups is 1. The second kappa shape index (κ2) is 5.09. The van der Waals surface area contributed by atoms with E-state index >= 15 is 0 Å². The fourth-order valence-electron chi connectivity index (χ4n) is 2.84. The molecule has 5 nitrogen and oxygen atoms in total. The summed E-state index contributed by atoms with van der Waals surface area (Å²) in [5.74, 6) is 0.00421. The summed E-state index contributed by atoms with van der Waals surface area (Å²) >= 11 is 0. The summed E-state index contributed by atoms with van der Waals surface area (Å²) in [6.07, 6.45) is 5.39. The molecule has 2 aromatic heterocycles. The van der Waals surface area contributed by atoms with Gasteiger partial charge in [-0.25, -0.2) is 0 Å². The standard InChI is InChI=1S/C14H18N2O3/c17-7-4-10-3-1-2-6-16(10)14(18)12-9-13-11(15-12)5-8-19-13/h5,8-10,15,17H,1-4,6-7H2. The third-order valence-electron chi connectivity index (χ3n) is 3.82. The van der Waals surface area contributed by atoms with Crippen LogP contribution in [0.1, 0.15) is 36.2 Å². The first-order chi connectivity index (χ1) is 9.29. The minimum atomic E-state index is 0.00421. The third-order valence-corrected chi connectivity index (χ3v) is 3.82. The number of H-pyrrole nitrogens is 1. The number of aromatic amines is 1. The highest BCUT2D eigenvalue weighted by atomic mass is 16.3. The highest BCUT2D eigenvalue weighted by Gasteiger charge is 2.28. The molecule has 1 saturated heterocycles. The number of carbonyl (C=O) groups excluding carboxylic acids is 1. The van der Waals surface area contributed by atoms with Crippen molar-refractivity contribution in [1.82, 2.24) is 9.88 Å². The summed E-state index contributed by atoms with van der Waals surface area (Å²) in [6.45, 7) is 0.894. The van der Waals surface area contributed by atoms with E-state index in [9.17, 15) is 4.79 Å². The lowest BCUT2D eigenvalue weighted by Gasteiger charge is -2.35. The molecule has 19 heavy (non-hydrogen) atoms. The molecule has 102 valence electrons. The normalized spacial score (nSPS) is 20.1. The van der Waals surface area contributed by atoms with Gasteiger partial charge in [0.15, 0.2) is 5.58 Å². The van der Waals surface area contributed by atoms with Gasteiger partial charge in [0.25, 0.3) is 5.91 Å². The van der Waals surface area contributed by atoms with Gasteiger partial charge in [-0.1, -0.05) is 0 Å². The van der Waals surface area contributed by atoms with E-state index in [1.165, 1.54) is 0 Å². The van der Waals surface area contributed by atoms with Gasteiger partial charge in [0.1, 0.15) is 5.69 Å². The molecule has 5 heteroatoms. The SMILES string of the molecule is O=C(c1cc2occc2[nH]1)N1CCCCC1CCO. The molecule has 2 N–H and O–H groups in total. The molecule has 0 spiro atoms. The van der Waals surface area contributed by atoms with Crippen LogP contribution in [0.4, 0.5) is 0 Å². The largest absolute Gasteiger partial charge is 0.463 e. The number of hydrogen-bond acceptors (Lipinski definition) is 3. The molecule has 3 rings (SSSR count). The Labute approximate surface area is 111 Å². The van der Waals surface area contributed by atoms with Crippen molar-refractivity contribution in [3.05, 3.63) is 24.1 Å².